The van der Waals surface area contributed by atoms with Gasteiger partial charge in [0.25, 0.3) is 0 Å². The molecule has 2 aromatic carbocycles. The molecule has 1 saturated heterocycles. The molecule has 1 N–H and O–H groups in total. The molecule has 3 aromatic rings. The van der Waals surface area contributed by atoms with Crippen LogP contribution in [0.25, 0.3) is 11.0 Å². The fraction of sp³-hybridized carbons (Fsp3) is 0.444. The standard InChI is InChI=1S/C15H20BFO2.C10H8O3.C2H6O/c1-14(2)15(3,4)19-16(18-14)12-8-9-13(17)11-7-5-6-10(11)12;11-4-3-7-6-13-10-5-8(12)1-2-9(7)10;1-3-2/h8-9H,5-7H2,1-4H3;1-2,4-6,12H,3H2;1-2H3. The van der Waals surface area contributed by atoms with Gasteiger partial charge in [-0.3, -0.25) is 0 Å². The van der Waals surface area contributed by atoms with E-state index in [2.05, 4.69) is 4.74 Å². The second-order valence-corrected chi connectivity index (χ2v) is 9.76. The van der Waals surface area contributed by atoms with E-state index >= 15 is 0 Å². The summed E-state index contributed by atoms with van der Waals surface area (Å²) in [5.41, 5.74) is 3.72. The Kier molecular flexibility index (Phi) is 8.41. The van der Waals surface area contributed by atoms with Gasteiger partial charge in [0.15, 0.2) is 0 Å². The van der Waals surface area contributed by atoms with Crippen LogP contribution >= 0.6 is 0 Å². The molecule has 188 valence electrons. The van der Waals surface area contributed by atoms with Gasteiger partial charge in [-0.2, -0.15) is 0 Å². The number of hydrogen-bond acceptors (Lipinski definition) is 6. The topological polar surface area (TPSA) is 78.1 Å². The molecule has 0 bridgehead atoms. The number of furan rings is 1. The molecule has 0 spiro atoms. The third kappa shape index (κ3) is 5.77. The van der Waals surface area contributed by atoms with Gasteiger partial charge < -0.3 is 28.4 Å². The molecule has 6 nitrogen and oxygen atoms in total. The number of benzene rings is 2. The summed E-state index contributed by atoms with van der Waals surface area (Å²) in [6.45, 7) is 8.15. The fourth-order valence-corrected chi connectivity index (χ4v) is 4.20. The third-order valence-corrected chi connectivity index (χ3v) is 6.71. The van der Waals surface area contributed by atoms with Crippen LogP contribution in [0.15, 0.2) is 41.0 Å². The number of hydrogen-bond donors (Lipinski definition) is 1. The van der Waals surface area contributed by atoms with Gasteiger partial charge in [-0.25, -0.2) is 4.39 Å². The maximum atomic E-state index is 13.8. The van der Waals surface area contributed by atoms with Crippen molar-refractivity contribution < 1.29 is 32.8 Å². The largest absolute Gasteiger partial charge is 0.508 e. The zero-order valence-electron chi connectivity index (χ0n) is 21.3. The van der Waals surface area contributed by atoms with Crippen LogP contribution in [-0.2, 0) is 38.1 Å². The average Bonchev–Trinajstić information content (AvgIpc) is 3.47. The number of methoxy groups -OCH3 is 1. The van der Waals surface area contributed by atoms with Gasteiger partial charge in [-0.05, 0) is 81.7 Å². The molecule has 35 heavy (non-hydrogen) atoms. The van der Waals surface area contributed by atoms with Crippen molar-refractivity contribution in [1.82, 2.24) is 0 Å². The Morgan fingerprint density at radius 1 is 1.06 bits per heavy atom. The minimum atomic E-state index is -0.377. The number of rotatable bonds is 3. The van der Waals surface area contributed by atoms with Crippen molar-refractivity contribution in [3.63, 3.8) is 0 Å². The number of carbonyl (C=O) groups excluding carboxylic acids is 1. The second-order valence-electron chi connectivity index (χ2n) is 9.76. The minimum Gasteiger partial charge on any atom is -0.508 e. The number of phenolic OH excluding ortho intramolecular Hbond substituents is 1. The van der Waals surface area contributed by atoms with Crippen LogP contribution in [0.2, 0.25) is 0 Å². The molecule has 8 heteroatoms. The lowest BCUT2D eigenvalue weighted by Crippen LogP contribution is -2.41. The quantitative estimate of drug-likeness (QED) is 0.427. The maximum absolute atomic E-state index is 13.8. The number of ether oxygens (including phenoxy) is 1. The van der Waals surface area contributed by atoms with Gasteiger partial charge in [-0.15, -0.1) is 0 Å². The zero-order chi connectivity index (χ0) is 25.8. The second kappa shape index (κ2) is 10.9. The summed E-state index contributed by atoms with van der Waals surface area (Å²) in [5, 5.41) is 10.0. The van der Waals surface area contributed by atoms with Gasteiger partial charge in [0.1, 0.15) is 23.4 Å². The number of phenols is 1. The summed E-state index contributed by atoms with van der Waals surface area (Å²) >= 11 is 0. The first kappa shape index (κ1) is 26.9. The van der Waals surface area contributed by atoms with Crippen LogP contribution in [0.5, 0.6) is 5.75 Å². The molecule has 1 aliphatic carbocycles. The van der Waals surface area contributed by atoms with E-state index in [0.717, 1.165) is 53.1 Å². The van der Waals surface area contributed by atoms with Crippen LogP contribution in [0.1, 0.15) is 50.8 Å². The SMILES string of the molecule is CC1(C)OB(c2ccc(F)c3c2CCC3)OC1(C)C.COC.O=CCc1coc2cc(O)ccc12. The molecule has 2 heterocycles. The molecule has 2 aliphatic rings. The molecule has 1 aromatic heterocycles. The van der Waals surface area contributed by atoms with E-state index in [0.29, 0.717) is 12.0 Å². The van der Waals surface area contributed by atoms with Crippen molar-refractivity contribution in [1.29, 1.82) is 0 Å². The van der Waals surface area contributed by atoms with Crippen molar-refractivity contribution >= 4 is 29.8 Å². The summed E-state index contributed by atoms with van der Waals surface area (Å²) in [6, 6.07) is 8.22. The van der Waals surface area contributed by atoms with E-state index in [1.807, 2.05) is 33.8 Å². The molecule has 0 amide bonds. The summed E-state index contributed by atoms with van der Waals surface area (Å²) in [5.74, 6) is 0.0762. The minimum absolute atomic E-state index is 0.0900. The highest BCUT2D eigenvalue weighted by atomic mass is 19.1. The first-order valence-corrected chi connectivity index (χ1v) is 11.7. The van der Waals surface area contributed by atoms with Crippen molar-refractivity contribution in [3.8, 4) is 5.75 Å². The highest BCUT2D eigenvalue weighted by molar-refractivity contribution is 6.62. The average molecular weight is 484 g/mol. The number of fused-ring (bicyclic) bond motifs is 2. The number of carbonyl (C=O) groups is 1. The smallest absolute Gasteiger partial charge is 0.495 e. The van der Waals surface area contributed by atoms with Gasteiger partial charge in [0.2, 0.25) is 0 Å². The van der Waals surface area contributed by atoms with Gasteiger partial charge in [0, 0.05) is 37.7 Å². The predicted molar refractivity (Wildman–Crippen MR) is 135 cm³/mol. The summed E-state index contributed by atoms with van der Waals surface area (Å²) in [7, 11) is 2.87. The first-order chi connectivity index (χ1) is 16.5. The molecule has 0 radical (unpaired) electrons. The Morgan fingerprint density at radius 3 is 2.31 bits per heavy atom. The van der Waals surface area contributed by atoms with Gasteiger partial charge in [0.05, 0.1) is 17.5 Å². The van der Waals surface area contributed by atoms with E-state index in [1.54, 1.807) is 38.7 Å². The Labute approximate surface area is 206 Å². The number of halogens is 1. The predicted octanol–water partition coefficient (Wildman–Crippen LogP) is 4.76. The zero-order valence-corrected chi connectivity index (χ0v) is 21.3. The van der Waals surface area contributed by atoms with Crippen molar-refractivity contribution in [3.05, 3.63) is 59.1 Å². The third-order valence-electron chi connectivity index (χ3n) is 6.71. The molecule has 1 fully saturated rings. The van der Waals surface area contributed by atoms with E-state index in [9.17, 15) is 9.18 Å². The van der Waals surface area contributed by atoms with E-state index in [4.69, 9.17) is 18.8 Å². The molecule has 5 rings (SSSR count). The van der Waals surface area contributed by atoms with E-state index in [1.165, 1.54) is 6.07 Å². The van der Waals surface area contributed by atoms with E-state index < -0.39 is 0 Å². The van der Waals surface area contributed by atoms with Gasteiger partial charge in [-0.1, -0.05) is 6.07 Å². The highest BCUT2D eigenvalue weighted by Crippen LogP contribution is 2.37. The van der Waals surface area contributed by atoms with Crippen LogP contribution in [-0.4, -0.2) is 43.9 Å². The lowest BCUT2D eigenvalue weighted by atomic mass is 9.75. The summed E-state index contributed by atoms with van der Waals surface area (Å²) in [6.07, 6.45) is 5.48. The Hall–Kier alpha value is -2.68. The van der Waals surface area contributed by atoms with Crippen molar-refractivity contribution in [2.45, 2.75) is 64.6 Å². The van der Waals surface area contributed by atoms with Crippen LogP contribution in [0, 0.1) is 5.82 Å². The lowest BCUT2D eigenvalue weighted by molar-refractivity contribution is -0.107. The normalized spacial score (nSPS) is 17.3. The Morgan fingerprint density at radius 2 is 1.69 bits per heavy atom. The molecule has 0 saturated carbocycles. The van der Waals surface area contributed by atoms with Crippen LogP contribution in [0.3, 0.4) is 0 Å². The fourth-order valence-electron chi connectivity index (χ4n) is 4.20. The molecule has 0 atom stereocenters. The highest BCUT2D eigenvalue weighted by Gasteiger charge is 2.52. The number of aromatic hydroxyl groups is 1. The summed E-state index contributed by atoms with van der Waals surface area (Å²) < 4.78 is 35.3. The molecule has 1 aliphatic heterocycles. The molecular weight excluding hydrogens is 450 g/mol. The van der Waals surface area contributed by atoms with Gasteiger partial charge >= 0.3 is 7.12 Å². The first-order valence-electron chi connectivity index (χ1n) is 11.7. The molecule has 0 unspecified atom stereocenters. The lowest BCUT2D eigenvalue weighted by Gasteiger charge is -2.32. The Bertz CT molecular complexity index is 1150. The molecular formula is C27H34BFO6. The monoisotopic (exact) mass is 484 g/mol. The van der Waals surface area contributed by atoms with Crippen LogP contribution < -0.4 is 5.46 Å². The van der Waals surface area contributed by atoms with E-state index in [-0.39, 0.29) is 29.9 Å². The Balaban J connectivity index is 0.000000186. The summed E-state index contributed by atoms with van der Waals surface area (Å²) in [4.78, 5) is 10.3. The number of aldehydes is 1. The van der Waals surface area contributed by atoms with Crippen molar-refractivity contribution in [2.24, 2.45) is 0 Å². The van der Waals surface area contributed by atoms with Crippen molar-refractivity contribution in [2.75, 3.05) is 14.2 Å². The maximum Gasteiger partial charge on any atom is 0.495 e. The van der Waals surface area contributed by atoms with Crippen LogP contribution in [0.4, 0.5) is 4.39 Å².